The lowest BCUT2D eigenvalue weighted by Gasteiger charge is -2.04. The van der Waals surface area contributed by atoms with E-state index in [1.807, 2.05) is 13.0 Å². The van der Waals surface area contributed by atoms with Gasteiger partial charge in [-0.15, -0.1) is 11.3 Å². The van der Waals surface area contributed by atoms with Crippen molar-refractivity contribution in [2.24, 2.45) is 0 Å². The topological polar surface area (TPSA) is 38.9 Å². The molecule has 0 aliphatic rings. The largest absolute Gasteiger partial charge is 0.398 e. The molecule has 0 fully saturated rings. The van der Waals surface area contributed by atoms with E-state index in [1.54, 1.807) is 11.3 Å². The van der Waals surface area contributed by atoms with Gasteiger partial charge in [0.1, 0.15) is 0 Å². The van der Waals surface area contributed by atoms with Crippen molar-refractivity contribution in [1.82, 2.24) is 4.98 Å². The molecule has 3 heteroatoms. The number of aryl methyl sites for hydroxylation is 2. The second-order valence-corrected chi connectivity index (χ2v) is 4.58. The highest BCUT2D eigenvalue weighted by Gasteiger charge is 2.04. The smallest absolute Gasteiger partial charge is 0.0901 e. The van der Waals surface area contributed by atoms with Crippen LogP contribution in [-0.4, -0.2) is 4.98 Å². The Bertz CT molecular complexity index is 474. The molecule has 0 unspecified atom stereocenters. The molecule has 1 aromatic heterocycles. The van der Waals surface area contributed by atoms with Crippen LogP contribution in [-0.2, 0) is 6.42 Å². The molecule has 0 saturated carbocycles. The minimum atomic E-state index is 0.862. The second kappa shape index (κ2) is 4.03. The van der Waals surface area contributed by atoms with Crippen LogP contribution in [0.2, 0.25) is 0 Å². The molecule has 2 N–H and O–H groups in total. The van der Waals surface area contributed by atoms with Gasteiger partial charge in [0.25, 0.3) is 0 Å². The molecule has 0 aliphatic carbocycles. The van der Waals surface area contributed by atoms with Crippen LogP contribution in [0, 0.1) is 6.92 Å². The number of hydrogen-bond acceptors (Lipinski definition) is 3. The fourth-order valence-corrected chi connectivity index (χ4v) is 2.19. The molecule has 1 aromatic carbocycles. The Morgan fingerprint density at radius 3 is 2.73 bits per heavy atom. The predicted molar refractivity (Wildman–Crippen MR) is 66.1 cm³/mol. The Hall–Kier alpha value is -1.35. The zero-order chi connectivity index (χ0) is 10.8. The molecule has 0 radical (unpaired) electrons. The van der Waals surface area contributed by atoms with E-state index in [0.717, 1.165) is 28.4 Å². The van der Waals surface area contributed by atoms with Crippen LogP contribution in [0.3, 0.4) is 0 Å². The fraction of sp³-hybridized carbons (Fsp3) is 0.250. The van der Waals surface area contributed by atoms with Crippen LogP contribution < -0.4 is 5.73 Å². The lowest BCUT2D eigenvalue weighted by atomic mass is 10.1. The third kappa shape index (κ3) is 2.02. The number of nitrogen functional groups attached to an aromatic ring is 1. The molecule has 0 saturated heterocycles. The SMILES string of the molecule is CCc1ccc(-c2csc(C)n2)cc1N. The van der Waals surface area contributed by atoms with Gasteiger partial charge in [0.15, 0.2) is 0 Å². The summed E-state index contributed by atoms with van der Waals surface area (Å²) in [4.78, 5) is 4.44. The maximum Gasteiger partial charge on any atom is 0.0901 e. The van der Waals surface area contributed by atoms with Gasteiger partial charge < -0.3 is 5.73 Å². The van der Waals surface area contributed by atoms with Crippen molar-refractivity contribution < 1.29 is 0 Å². The first-order valence-electron chi connectivity index (χ1n) is 5.01. The average Bonchev–Trinajstić information content (AvgIpc) is 2.65. The van der Waals surface area contributed by atoms with E-state index in [2.05, 4.69) is 29.4 Å². The number of nitrogens with zero attached hydrogens (tertiary/aromatic N) is 1. The van der Waals surface area contributed by atoms with Gasteiger partial charge in [-0.1, -0.05) is 19.1 Å². The van der Waals surface area contributed by atoms with Gasteiger partial charge in [-0.3, -0.25) is 0 Å². The summed E-state index contributed by atoms with van der Waals surface area (Å²) in [7, 11) is 0. The zero-order valence-electron chi connectivity index (χ0n) is 8.95. The summed E-state index contributed by atoms with van der Waals surface area (Å²) in [6, 6.07) is 6.18. The normalized spacial score (nSPS) is 10.5. The Kier molecular flexibility index (Phi) is 2.73. The standard InChI is InChI=1S/C12H14N2S/c1-3-9-4-5-10(6-11(9)13)12-7-15-8(2)14-12/h4-7H,3,13H2,1-2H3. The lowest BCUT2D eigenvalue weighted by Crippen LogP contribution is -1.93. The minimum Gasteiger partial charge on any atom is -0.398 e. The summed E-state index contributed by atoms with van der Waals surface area (Å²) in [5.41, 5.74) is 10.1. The third-order valence-electron chi connectivity index (χ3n) is 2.44. The number of anilines is 1. The van der Waals surface area contributed by atoms with E-state index in [9.17, 15) is 0 Å². The van der Waals surface area contributed by atoms with E-state index >= 15 is 0 Å². The monoisotopic (exact) mass is 218 g/mol. The highest BCUT2D eigenvalue weighted by Crippen LogP contribution is 2.25. The molecule has 15 heavy (non-hydrogen) atoms. The van der Waals surface area contributed by atoms with Crippen LogP contribution in [0.25, 0.3) is 11.3 Å². The van der Waals surface area contributed by atoms with E-state index < -0.39 is 0 Å². The van der Waals surface area contributed by atoms with Crippen molar-refractivity contribution >= 4 is 17.0 Å². The van der Waals surface area contributed by atoms with Crippen molar-refractivity contribution in [3.63, 3.8) is 0 Å². The van der Waals surface area contributed by atoms with Crippen molar-refractivity contribution in [3.8, 4) is 11.3 Å². The number of rotatable bonds is 2. The van der Waals surface area contributed by atoms with Gasteiger partial charge in [0.05, 0.1) is 10.7 Å². The summed E-state index contributed by atoms with van der Waals surface area (Å²) in [5, 5.41) is 3.15. The van der Waals surface area contributed by atoms with Crippen molar-refractivity contribution in [3.05, 3.63) is 34.2 Å². The van der Waals surface area contributed by atoms with Crippen LogP contribution in [0.5, 0.6) is 0 Å². The molecule has 0 spiro atoms. The first-order valence-corrected chi connectivity index (χ1v) is 5.89. The first kappa shape index (κ1) is 10.2. The maximum absolute atomic E-state index is 5.95. The van der Waals surface area contributed by atoms with E-state index in [1.165, 1.54) is 5.56 Å². The highest BCUT2D eigenvalue weighted by molar-refractivity contribution is 7.09. The molecule has 0 aliphatic heterocycles. The quantitative estimate of drug-likeness (QED) is 0.786. The Labute approximate surface area is 93.8 Å². The lowest BCUT2D eigenvalue weighted by molar-refractivity contribution is 1.14. The molecule has 0 amide bonds. The summed E-state index contributed by atoms with van der Waals surface area (Å²) < 4.78 is 0. The fourth-order valence-electron chi connectivity index (χ4n) is 1.57. The first-order chi connectivity index (χ1) is 7.20. The van der Waals surface area contributed by atoms with Crippen molar-refractivity contribution in [1.29, 1.82) is 0 Å². The summed E-state index contributed by atoms with van der Waals surface area (Å²) >= 11 is 1.66. The average molecular weight is 218 g/mol. The molecule has 0 atom stereocenters. The van der Waals surface area contributed by atoms with Crippen LogP contribution >= 0.6 is 11.3 Å². The van der Waals surface area contributed by atoms with E-state index in [-0.39, 0.29) is 0 Å². The molecule has 2 rings (SSSR count). The minimum absolute atomic E-state index is 0.862. The number of benzene rings is 1. The van der Waals surface area contributed by atoms with Crippen LogP contribution in [0.15, 0.2) is 23.6 Å². The van der Waals surface area contributed by atoms with E-state index in [4.69, 9.17) is 5.73 Å². The van der Waals surface area contributed by atoms with Gasteiger partial charge in [-0.25, -0.2) is 4.98 Å². The van der Waals surface area contributed by atoms with Crippen molar-refractivity contribution in [2.75, 3.05) is 5.73 Å². The zero-order valence-corrected chi connectivity index (χ0v) is 9.77. The predicted octanol–water partition coefficient (Wildman–Crippen LogP) is 3.26. The van der Waals surface area contributed by atoms with Gasteiger partial charge in [-0.2, -0.15) is 0 Å². The van der Waals surface area contributed by atoms with Crippen LogP contribution in [0.1, 0.15) is 17.5 Å². The Balaban J connectivity index is 2.42. The highest BCUT2D eigenvalue weighted by atomic mass is 32.1. The number of nitrogens with two attached hydrogens (primary N) is 1. The number of thiazole rings is 1. The molecule has 78 valence electrons. The molecule has 0 bridgehead atoms. The number of hydrogen-bond donors (Lipinski definition) is 1. The van der Waals surface area contributed by atoms with Crippen molar-refractivity contribution in [2.45, 2.75) is 20.3 Å². The molecule has 2 nitrogen and oxygen atoms in total. The third-order valence-corrected chi connectivity index (χ3v) is 3.22. The molecular weight excluding hydrogens is 204 g/mol. The van der Waals surface area contributed by atoms with Crippen LogP contribution in [0.4, 0.5) is 5.69 Å². The van der Waals surface area contributed by atoms with Gasteiger partial charge in [0.2, 0.25) is 0 Å². The summed E-state index contributed by atoms with van der Waals surface area (Å²) in [6.45, 7) is 4.12. The Morgan fingerprint density at radius 1 is 1.40 bits per heavy atom. The summed E-state index contributed by atoms with van der Waals surface area (Å²) in [6.07, 6.45) is 0.974. The molecular formula is C12H14N2S. The number of aromatic nitrogens is 1. The van der Waals surface area contributed by atoms with Gasteiger partial charge in [-0.05, 0) is 25.0 Å². The maximum atomic E-state index is 5.95. The van der Waals surface area contributed by atoms with Gasteiger partial charge in [0, 0.05) is 16.6 Å². The Morgan fingerprint density at radius 2 is 2.20 bits per heavy atom. The van der Waals surface area contributed by atoms with E-state index in [0.29, 0.717) is 0 Å². The molecule has 2 aromatic rings. The second-order valence-electron chi connectivity index (χ2n) is 3.52. The molecule has 1 heterocycles. The summed E-state index contributed by atoms with van der Waals surface area (Å²) in [5.74, 6) is 0. The van der Waals surface area contributed by atoms with Gasteiger partial charge >= 0.3 is 0 Å².